The summed E-state index contributed by atoms with van der Waals surface area (Å²) in [5.41, 5.74) is 2.99. The van der Waals surface area contributed by atoms with Crippen LogP contribution in [0.2, 0.25) is 0 Å². The van der Waals surface area contributed by atoms with E-state index in [-0.39, 0.29) is 16.5 Å². The number of ether oxygens (including phenoxy) is 1. The SMILES string of the molecule is CCN(CC)S(=O)(=O)c1ccc(Oc2cc(C)ccc2C(C)C)c(NC(=O)c2c(C)noc2C)c1. The molecule has 0 fully saturated rings. The second-order valence-electron chi connectivity index (χ2n) is 8.70. The predicted octanol–water partition coefficient (Wildman–Crippen LogP) is 5.80. The highest BCUT2D eigenvalue weighted by atomic mass is 32.2. The third kappa shape index (κ3) is 5.57. The standard InChI is InChI=1S/C26H33N3O5S/c1-8-29(9-2)35(31,32)20-11-13-23(33-24-14-17(5)10-12-21(24)16(3)4)22(15-20)27-26(30)25-18(6)28-34-19(25)7/h10-16H,8-9H2,1-7H3,(H,27,30). The lowest BCUT2D eigenvalue weighted by Crippen LogP contribution is -2.30. The average Bonchev–Trinajstić information content (AvgIpc) is 3.13. The summed E-state index contributed by atoms with van der Waals surface area (Å²) in [5.74, 6) is 1.09. The predicted molar refractivity (Wildman–Crippen MR) is 136 cm³/mol. The van der Waals surface area contributed by atoms with Crippen molar-refractivity contribution in [1.82, 2.24) is 9.46 Å². The van der Waals surface area contributed by atoms with Crippen molar-refractivity contribution in [2.24, 2.45) is 0 Å². The Morgan fingerprint density at radius 2 is 1.74 bits per heavy atom. The maximum atomic E-state index is 13.2. The molecule has 1 N–H and O–H groups in total. The van der Waals surface area contributed by atoms with Gasteiger partial charge in [0.15, 0.2) is 5.75 Å². The Hall–Kier alpha value is -3.17. The molecule has 0 saturated heterocycles. The number of rotatable bonds is 9. The van der Waals surface area contributed by atoms with Crippen LogP contribution in [0.15, 0.2) is 45.8 Å². The highest BCUT2D eigenvalue weighted by Crippen LogP contribution is 2.37. The maximum absolute atomic E-state index is 13.2. The third-order valence-electron chi connectivity index (χ3n) is 5.81. The topological polar surface area (TPSA) is 102 Å². The van der Waals surface area contributed by atoms with Crippen LogP contribution in [0.1, 0.15) is 66.6 Å². The Bertz CT molecular complexity index is 1310. The van der Waals surface area contributed by atoms with Crippen LogP contribution in [-0.4, -0.2) is 36.9 Å². The Morgan fingerprint density at radius 3 is 2.31 bits per heavy atom. The molecule has 3 aromatic rings. The van der Waals surface area contributed by atoms with Gasteiger partial charge < -0.3 is 14.6 Å². The normalized spacial score (nSPS) is 11.8. The van der Waals surface area contributed by atoms with Gasteiger partial charge in [-0.3, -0.25) is 4.79 Å². The summed E-state index contributed by atoms with van der Waals surface area (Å²) >= 11 is 0. The zero-order valence-electron chi connectivity index (χ0n) is 21.3. The van der Waals surface area contributed by atoms with Gasteiger partial charge in [0.05, 0.1) is 16.3 Å². The molecule has 9 heteroatoms. The zero-order valence-corrected chi connectivity index (χ0v) is 22.1. The van der Waals surface area contributed by atoms with E-state index in [1.54, 1.807) is 33.8 Å². The first-order chi connectivity index (χ1) is 16.5. The van der Waals surface area contributed by atoms with Gasteiger partial charge in [0.2, 0.25) is 10.0 Å². The van der Waals surface area contributed by atoms with Crippen molar-refractivity contribution in [2.75, 3.05) is 18.4 Å². The number of nitrogens with zero attached hydrogens (tertiary/aromatic N) is 2. The van der Waals surface area contributed by atoms with E-state index in [9.17, 15) is 13.2 Å². The lowest BCUT2D eigenvalue weighted by molar-refractivity contribution is 0.102. The third-order valence-corrected chi connectivity index (χ3v) is 7.86. The molecule has 35 heavy (non-hydrogen) atoms. The number of carbonyl (C=O) groups excluding carboxylic acids is 1. The summed E-state index contributed by atoms with van der Waals surface area (Å²) in [5, 5.41) is 6.66. The number of sulfonamides is 1. The number of benzene rings is 2. The van der Waals surface area contributed by atoms with Gasteiger partial charge in [-0.25, -0.2) is 8.42 Å². The largest absolute Gasteiger partial charge is 0.455 e. The van der Waals surface area contributed by atoms with Crippen LogP contribution in [0.3, 0.4) is 0 Å². The lowest BCUT2D eigenvalue weighted by atomic mass is 10.0. The van der Waals surface area contributed by atoms with E-state index in [2.05, 4.69) is 24.3 Å². The number of hydrogen-bond acceptors (Lipinski definition) is 6. The number of carbonyl (C=O) groups is 1. The van der Waals surface area contributed by atoms with Crippen LogP contribution < -0.4 is 10.1 Å². The van der Waals surface area contributed by atoms with Crippen LogP contribution >= 0.6 is 0 Å². The molecule has 8 nitrogen and oxygen atoms in total. The van der Waals surface area contributed by atoms with E-state index in [4.69, 9.17) is 9.26 Å². The van der Waals surface area contributed by atoms with Crippen LogP contribution in [0.25, 0.3) is 0 Å². The van der Waals surface area contributed by atoms with Crippen molar-refractivity contribution in [3.05, 3.63) is 64.5 Å². The number of hydrogen-bond donors (Lipinski definition) is 1. The van der Waals surface area contributed by atoms with Gasteiger partial charge >= 0.3 is 0 Å². The van der Waals surface area contributed by atoms with Gasteiger partial charge in [-0.05, 0) is 62.1 Å². The second kappa shape index (κ2) is 10.6. The monoisotopic (exact) mass is 499 g/mol. The molecular weight excluding hydrogens is 466 g/mol. The van der Waals surface area contributed by atoms with E-state index in [1.807, 2.05) is 25.1 Å². The van der Waals surface area contributed by atoms with Crippen LogP contribution in [-0.2, 0) is 10.0 Å². The summed E-state index contributed by atoms with van der Waals surface area (Å²) < 4.78 is 39.1. The van der Waals surface area contributed by atoms with Gasteiger partial charge in [-0.15, -0.1) is 0 Å². The van der Waals surface area contributed by atoms with Crippen LogP contribution in [0.4, 0.5) is 5.69 Å². The molecule has 0 aliphatic carbocycles. The molecule has 0 atom stereocenters. The number of aryl methyl sites for hydroxylation is 3. The van der Waals surface area contributed by atoms with Crippen LogP contribution in [0.5, 0.6) is 11.5 Å². The fourth-order valence-electron chi connectivity index (χ4n) is 3.89. The molecule has 0 radical (unpaired) electrons. The van der Waals surface area contributed by atoms with Gasteiger partial charge in [0.25, 0.3) is 5.91 Å². The summed E-state index contributed by atoms with van der Waals surface area (Å²) in [6, 6.07) is 10.5. The molecule has 0 spiro atoms. The fourth-order valence-corrected chi connectivity index (χ4v) is 5.37. The van der Waals surface area contributed by atoms with E-state index >= 15 is 0 Å². The molecule has 0 aliphatic heterocycles. The van der Waals surface area contributed by atoms with E-state index < -0.39 is 15.9 Å². The second-order valence-corrected chi connectivity index (χ2v) is 10.6. The summed E-state index contributed by atoms with van der Waals surface area (Å²) in [6.07, 6.45) is 0. The fraction of sp³-hybridized carbons (Fsp3) is 0.385. The molecule has 1 heterocycles. The molecule has 0 bridgehead atoms. The highest BCUT2D eigenvalue weighted by Gasteiger charge is 2.25. The smallest absolute Gasteiger partial charge is 0.261 e. The molecule has 188 valence electrons. The number of anilines is 1. The minimum atomic E-state index is -3.75. The number of aromatic nitrogens is 1. The van der Waals surface area contributed by atoms with Crippen molar-refractivity contribution < 1.29 is 22.5 Å². The first-order valence-electron chi connectivity index (χ1n) is 11.7. The van der Waals surface area contributed by atoms with Crippen molar-refractivity contribution >= 4 is 21.6 Å². The van der Waals surface area contributed by atoms with Crippen LogP contribution in [0, 0.1) is 20.8 Å². The molecular formula is C26H33N3O5S. The minimum absolute atomic E-state index is 0.0657. The first-order valence-corrected chi connectivity index (χ1v) is 13.1. The maximum Gasteiger partial charge on any atom is 0.261 e. The first kappa shape index (κ1) is 26.4. The summed E-state index contributed by atoms with van der Waals surface area (Å²) in [4.78, 5) is 13.2. The minimum Gasteiger partial charge on any atom is -0.455 e. The lowest BCUT2D eigenvalue weighted by Gasteiger charge is -2.21. The van der Waals surface area contributed by atoms with E-state index in [0.29, 0.717) is 41.6 Å². The molecule has 2 aromatic carbocycles. The Balaban J connectivity index is 2.12. The Kier molecular flexibility index (Phi) is 8.02. The summed E-state index contributed by atoms with van der Waals surface area (Å²) in [6.45, 7) is 13.7. The molecule has 1 amide bonds. The van der Waals surface area contributed by atoms with Crippen molar-refractivity contribution in [3.8, 4) is 11.5 Å². The quantitative estimate of drug-likeness (QED) is 0.399. The van der Waals surface area contributed by atoms with Gasteiger partial charge in [-0.2, -0.15) is 4.31 Å². The zero-order chi connectivity index (χ0) is 25.9. The van der Waals surface area contributed by atoms with Gasteiger partial charge in [-0.1, -0.05) is 45.0 Å². The molecule has 1 aromatic heterocycles. The number of nitrogens with one attached hydrogen (secondary N) is 1. The van der Waals surface area contributed by atoms with E-state index in [0.717, 1.165) is 11.1 Å². The highest BCUT2D eigenvalue weighted by molar-refractivity contribution is 7.89. The molecule has 0 unspecified atom stereocenters. The Morgan fingerprint density at radius 1 is 1.06 bits per heavy atom. The molecule has 3 rings (SSSR count). The van der Waals surface area contributed by atoms with Gasteiger partial charge in [0, 0.05) is 13.1 Å². The van der Waals surface area contributed by atoms with Crippen molar-refractivity contribution in [2.45, 2.75) is 59.3 Å². The Labute approximate surface area is 207 Å². The molecule has 0 aliphatic rings. The van der Waals surface area contributed by atoms with E-state index in [1.165, 1.54) is 16.4 Å². The van der Waals surface area contributed by atoms with Crippen molar-refractivity contribution in [1.29, 1.82) is 0 Å². The summed E-state index contributed by atoms with van der Waals surface area (Å²) in [7, 11) is -3.75. The molecule has 0 saturated carbocycles. The number of amides is 1. The average molecular weight is 500 g/mol. The van der Waals surface area contributed by atoms with Crippen molar-refractivity contribution in [3.63, 3.8) is 0 Å². The van der Waals surface area contributed by atoms with Gasteiger partial charge in [0.1, 0.15) is 17.1 Å².